The Hall–Kier alpha value is -4.10. The van der Waals surface area contributed by atoms with Crippen LogP contribution in [0.25, 0.3) is 10.2 Å². The number of nitrogens with zero attached hydrogens (tertiary/aromatic N) is 2. The van der Waals surface area contributed by atoms with Crippen LogP contribution in [0, 0.1) is 0 Å². The van der Waals surface area contributed by atoms with E-state index in [-0.39, 0.29) is 23.9 Å². The number of carbonyl (C=O) groups excluding carboxylic acids is 3. The lowest BCUT2D eigenvalue weighted by molar-refractivity contribution is 0.0672. The molecule has 3 amide bonds. The molecular formula is C26H19N3O3S. The molecular weight excluding hydrogens is 434 g/mol. The highest BCUT2D eigenvalue weighted by molar-refractivity contribution is 7.18. The highest BCUT2D eigenvalue weighted by Crippen LogP contribution is 2.26. The maximum atomic E-state index is 12.7. The van der Waals surface area contributed by atoms with Crippen LogP contribution in [-0.4, -0.2) is 34.2 Å². The van der Waals surface area contributed by atoms with E-state index in [4.69, 9.17) is 0 Å². The third-order valence-corrected chi connectivity index (χ3v) is 6.49. The molecule has 0 radical (unpaired) electrons. The number of carbonyl (C=O) groups is 3. The van der Waals surface area contributed by atoms with E-state index in [0.29, 0.717) is 16.8 Å². The van der Waals surface area contributed by atoms with Gasteiger partial charge in [-0.05, 0) is 48.0 Å². The summed E-state index contributed by atoms with van der Waals surface area (Å²) in [4.78, 5) is 43.3. The van der Waals surface area contributed by atoms with Crippen LogP contribution in [0.3, 0.4) is 0 Å². The Bertz CT molecular complexity index is 1390. The van der Waals surface area contributed by atoms with Crippen molar-refractivity contribution in [2.75, 3.05) is 11.9 Å². The van der Waals surface area contributed by atoms with Gasteiger partial charge in [0.05, 0.1) is 26.4 Å². The predicted molar refractivity (Wildman–Crippen MR) is 129 cm³/mol. The monoisotopic (exact) mass is 453 g/mol. The smallest absolute Gasteiger partial charge is 0.261 e. The molecule has 0 saturated heterocycles. The standard InChI is InChI=1S/C26H19N3O3S/c1-2-13-29-25(31)19-12-9-17(15-20(19)26(29)32)24(30)27-18-10-7-16(8-11-18)14-23-28-21-5-3-4-6-22(21)33-23/h2-12,15H,1,13-14H2,(H,27,30). The normalized spacial score (nSPS) is 12.8. The molecule has 162 valence electrons. The van der Waals surface area contributed by atoms with Crippen LogP contribution in [0.1, 0.15) is 41.6 Å². The van der Waals surface area contributed by atoms with E-state index >= 15 is 0 Å². The molecule has 0 unspecified atom stereocenters. The Morgan fingerprint density at radius 1 is 1.00 bits per heavy atom. The number of benzene rings is 3. The SMILES string of the molecule is C=CCN1C(=O)c2ccc(C(=O)Nc3ccc(Cc4nc5ccccc5s4)cc3)cc2C1=O. The molecule has 3 aromatic carbocycles. The first kappa shape index (κ1) is 20.8. The van der Waals surface area contributed by atoms with Gasteiger partial charge in [-0.15, -0.1) is 17.9 Å². The van der Waals surface area contributed by atoms with Crippen molar-refractivity contribution in [3.05, 3.63) is 107 Å². The fourth-order valence-electron chi connectivity index (χ4n) is 3.81. The summed E-state index contributed by atoms with van der Waals surface area (Å²) in [6.07, 6.45) is 2.21. The van der Waals surface area contributed by atoms with Gasteiger partial charge in [0.25, 0.3) is 17.7 Å². The molecule has 5 rings (SSSR count). The van der Waals surface area contributed by atoms with Crippen molar-refractivity contribution in [2.24, 2.45) is 0 Å². The van der Waals surface area contributed by atoms with Crippen LogP contribution in [0.15, 0.2) is 79.4 Å². The first-order valence-electron chi connectivity index (χ1n) is 10.4. The number of hydrogen-bond donors (Lipinski definition) is 1. The van der Waals surface area contributed by atoms with Gasteiger partial charge in [-0.1, -0.05) is 30.3 Å². The van der Waals surface area contributed by atoms with E-state index in [1.807, 2.05) is 42.5 Å². The van der Waals surface area contributed by atoms with E-state index in [0.717, 1.165) is 27.4 Å². The topological polar surface area (TPSA) is 79.4 Å². The van der Waals surface area contributed by atoms with Gasteiger partial charge < -0.3 is 5.32 Å². The largest absolute Gasteiger partial charge is 0.322 e. The number of hydrogen-bond acceptors (Lipinski definition) is 5. The van der Waals surface area contributed by atoms with E-state index in [1.54, 1.807) is 17.4 Å². The second kappa shape index (κ2) is 8.44. The van der Waals surface area contributed by atoms with Crippen LogP contribution >= 0.6 is 11.3 Å². The minimum atomic E-state index is -0.413. The minimum absolute atomic E-state index is 0.136. The maximum Gasteiger partial charge on any atom is 0.261 e. The second-order valence-corrected chi connectivity index (χ2v) is 8.79. The molecule has 1 aliphatic heterocycles. The van der Waals surface area contributed by atoms with Crippen LogP contribution in [0.5, 0.6) is 0 Å². The molecule has 2 heterocycles. The summed E-state index contributed by atoms with van der Waals surface area (Å²) in [7, 11) is 0. The van der Waals surface area contributed by atoms with Gasteiger partial charge in [0.2, 0.25) is 0 Å². The Labute approximate surface area is 194 Å². The van der Waals surface area contributed by atoms with Crippen molar-refractivity contribution in [3.63, 3.8) is 0 Å². The summed E-state index contributed by atoms with van der Waals surface area (Å²) < 4.78 is 1.17. The highest BCUT2D eigenvalue weighted by Gasteiger charge is 2.35. The molecule has 7 heteroatoms. The molecule has 0 fully saturated rings. The van der Waals surface area contributed by atoms with Gasteiger partial charge in [-0.3, -0.25) is 19.3 Å². The molecule has 33 heavy (non-hydrogen) atoms. The highest BCUT2D eigenvalue weighted by atomic mass is 32.1. The number of amides is 3. The predicted octanol–water partition coefficient (Wildman–Crippen LogP) is 4.92. The number of anilines is 1. The van der Waals surface area contributed by atoms with Gasteiger partial charge in [-0.2, -0.15) is 0 Å². The zero-order chi connectivity index (χ0) is 22.9. The van der Waals surface area contributed by atoms with Crippen LogP contribution in [-0.2, 0) is 6.42 Å². The van der Waals surface area contributed by atoms with Gasteiger partial charge in [-0.25, -0.2) is 4.98 Å². The minimum Gasteiger partial charge on any atom is -0.322 e. The molecule has 1 aliphatic rings. The van der Waals surface area contributed by atoms with Crippen molar-refractivity contribution >= 4 is 45.0 Å². The first-order valence-corrected chi connectivity index (χ1v) is 11.2. The van der Waals surface area contributed by atoms with Gasteiger partial charge in [0, 0.05) is 24.2 Å². The van der Waals surface area contributed by atoms with E-state index < -0.39 is 5.91 Å². The number of nitrogens with one attached hydrogen (secondary N) is 1. The molecule has 0 bridgehead atoms. The molecule has 1 N–H and O–H groups in total. The molecule has 1 aromatic heterocycles. The quantitative estimate of drug-likeness (QED) is 0.332. The number of rotatable bonds is 6. The summed E-state index contributed by atoms with van der Waals surface area (Å²) in [5, 5.41) is 3.88. The van der Waals surface area contributed by atoms with Gasteiger partial charge in [0.15, 0.2) is 0 Å². The lowest BCUT2D eigenvalue weighted by Crippen LogP contribution is -2.29. The third kappa shape index (κ3) is 3.94. The number of para-hydroxylation sites is 1. The lowest BCUT2D eigenvalue weighted by Gasteiger charge is -2.09. The van der Waals surface area contributed by atoms with Crippen molar-refractivity contribution in [3.8, 4) is 0 Å². The zero-order valence-corrected chi connectivity index (χ0v) is 18.4. The summed E-state index contributed by atoms with van der Waals surface area (Å²) >= 11 is 1.68. The number of thiazole rings is 1. The van der Waals surface area contributed by atoms with Crippen molar-refractivity contribution in [1.29, 1.82) is 0 Å². The van der Waals surface area contributed by atoms with E-state index in [2.05, 4.69) is 22.9 Å². The van der Waals surface area contributed by atoms with Crippen molar-refractivity contribution in [1.82, 2.24) is 9.88 Å². The van der Waals surface area contributed by atoms with Crippen LogP contribution in [0.2, 0.25) is 0 Å². The number of imide groups is 1. The summed E-state index contributed by atoms with van der Waals surface area (Å²) in [6, 6.07) is 20.2. The molecule has 0 aliphatic carbocycles. The molecule has 6 nitrogen and oxygen atoms in total. The van der Waals surface area contributed by atoms with Crippen molar-refractivity contribution < 1.29 is 14.4 Å². The molecule has 0 saturated carbocycles. The Morgan fingerprint density at radius 2 is 1.76 bits per heavy atom. The zero-order valence-electron chi connectivity index (χ0n) is 17.6. The van der Waals surface area contributed by atoms with Gasteiger partial charge in [0.1, 0.15) is 0 Å². The average Bonchev–Trinajstić information content (AvgIpc) is 3.34. The third-order valence-electron chi connectivity index (χ3n) is 5.45. The lowest BCUT2D eigenvalue weighted by atomic mass is 10.1. The van der Waals surface area contributed by atoms with Gasteiger partial charge >= 0.3 is 0 Å². The van der Waals surface area contributed by atoms with E-state index in [9.17, 15) is 14.4 Å². The van der Waals surface area contributed by atoms with Crippen molar-refractivity contribution in [2.45, 2.75) is 6.42 Å². The van der Waals surface area contributed by atoms with Crippen LogP contribution < -0.4 is 5.32 Å². The number of fused-ring (bicyclic) bond motifs is 2. The average molecular weight is 454 g/mol. The summed E-state index contributed by atoms with van der Waals surface area (Å²) in [6.45, 7) is 3.71. The summed E-state index contributed by atoms with van der Waals surface area (Å²) in [5.74, 6) is -1.13. The Kier molecular flexibility index (Phi) is 5.32. The molecule has 4 aromatic rings. The molecule has 0 atom stereocenters. The van der Waals surface area contributed by atoms with E-state index in [1.165, 1.54) is 22.9 Å². The number of aromatic nitrogens is 1. The first-order chi connectivity index (χ1) is 16.0. The maximum absolute atomic E-state index is 12.7. The Balaban J connectivity index is 1.28. The molecule has 0 spiro atoms. The fraction of sp³-hybridized carbons (Fsp3) is 0.0769. The fourth-order valence-corrected chi connectivity index (χ4v) is 4.81. The summed E-state index contributed by atoms with van der Waals surface area (Å²) in [5.41, 5.74) is 3.59. The second-order valence-electron chi connectivity index (χ2n) is 7.67. The van der Waals surface area contributed by atoms with Crippen LogP contribution in [0.4, 0.5) is 5.69 Å². The Morgan fingerprint density at radius 3 is 2.52 bits per heavy atom.